The van der Waals surface area contributed by atoms with Gasteiger partial charge in [-0.25, -0.2) is 0 Å². The number of nitriles is 2. The molecule has 0 heterocycles. The van der Waals surface area contributed by atoms with Gasteiger partial charge >= 0.3 is 0 Å². The number of hydrogen-bond acceptors (Lipinski definition) is 3. The Morgan fingerprint density at radius 3 is 2.26 bits per heavy atom. The van der Waals surface area contributed by atoms with E-state index in [-0.39, 0.29) is 0 Å². The smallest absolute Gasteiger partial charge is 0.158 e. The Labute approximate surface area is 112 Å². The summed E-state index contributed by atoms with van der Waals surface area (Å²) in [6.45, 7) is 1.86. The fourth-order valence-corrected chi connectivity index (χ4v) is 1.84. The molecule has 0 bridgehead atoms. The van der Waals surface area contributed by atoms with Gasteiger partial charge in [-0.3, -0.25) is 0 Å². The van der Waals surface area contributed by atoms with Crippen molar-refractivity contribution in [3.8, 4) is 23.6 Å². The molecule has 2 aromatic carbocycles. The minimum Gasteiger partial charge on any atom is -0.457 e. The Hall–Kier alpha value is -2.78. The number of ether oxygens (including phenoxy) is 1. The summed E-state index contributed by atoms with van der Waals surface area (Å²) >= 11 is 0. The number of para-hydroxylation sites is 1. The third-order valence-corrected chi connectivity index (χ3v) is 2.87. The van der Waals surface area contributed by atoms with Crippen LogP contribution < -0.4 is 4.74 Å². The van der Waals surface area contributed by atoms with Crippen molar-refractivity contribution in [2.45, 2.75) is 12.8 Å². The van der Waals surface area contributed by atoms with Crippen molar-refractivity contribution in [3.63, 3.8) is 0 Å². The van der Waals surface area contributed by atoms with Gasteiger partial charge in [-0.1, -0.05) is 30.3 Å². The number of hydrogen-bond donors (Lipinski definition) is 0. The highest BCUT2D eigenvalue weighted by Crippen LogP contribution is 2.30. The molecule has 92 valence electrons. The molecule has 0 aliphatic heterocycles. The normalized spacial score (nSPS) is 9.68. The average molecular weight is 248 g/mol. The van der Waals surface area contributed by atoms with E-state index in [0.29, 0.717) is 11.3 Å². The molecule has 3 nitrogen and oxygen atoms in total. The van der Waals surface area contributed by atoms with Crippen molar-refractivity contribution >= 4 is 0 Å². The Morgan fingerprint density at radius 2 is 1.63 bits per heavy atom. The van der Waals surface area contributed by atoms with Gasteiger partial charge < -0.3 is 4.74 Å². The molecule has 0 aliphatic rings. The van der Waals surface area contributed by atoms with Crippen LogP contribution in [0.4, 0.5) is 0 Å². The number of rotatable bonds is 3. The minimum atomic E-state index is -0.765. The molecule has 0 fully saturated rings. The zero-order valence-corrected chi connectivity index (χ0v) is 10.5. The maximum absolute atomic E-state index is 8.97. The molecule has 2 aromatic rings. The van der Waals surface area contributed by atoms with Crippen molar-refractivity contribution in [2.24, 2.45) is 0 Å². The standard InChI is InChI=1S/C16H12N2O/c1-12-15(13(10-17)11-18)8-5-9-16(12)19-14-6-3-2-4-7-14/h2-9,13H,1H3. The van der Waals surface area contributed by atoms with E-state index < -0.39 is 5.92 Å². The van der Waals surface area contributed by atoms with Gasteiger partial charge in [0.15, 0.2) is 5.92 Å². The summed E-state index contributed by atoms with van der Waals surface area (Å²) in [6, 6.07) is 18.8. The number of nitrogens with zero attached hydrogens (tertiary/aromatic N) is 2. The molecular formula is C16H12N2O. The van der Waals surface area contributed by atoms with Crippen molar-refractivity contribution in [3.05, 3.63) is 59.7 Å². The SMILES string of the molecule is Cc1c(Oc2ccccc2)cccc1C(C#N)C#N. The Morgan fingerprint density at radius 1 is 0.947 bits per heavy atom. The van der Waals surface area contributed by atoms with Crippen LogP contribution in [0.1, 0.15) is 17.0 Å². The third kappa shape index (κ3) is 2.73. The van der Waals surface area contributed by atoms with E-state index in [2.05, 4.69) is 0 Å². The van der Waals surface area contributed by atoms with Gasteiger partial charge in [-0.2, -0.15) is 10.5 Å². The molecule has 0 radical (unpaired) electrons. The molecule has 0 unspecified atom stereocenters. The highest BCUT2D eigenvalue weighted by Gasteiger charge is 2.14. The monoisotopic (exact) mass is 248 g/mol. The van der Waals surface area contributed by atoms with Crippen LogP contribution in [0.5, 0.6) is 11.5 Å². The van der Waals surface area contributed by atoms with Crippen LogP contribution in [-0.4, -0.2) is 0 Å². The van der Waals surface area contributed by atoms with E-state index in [4.69, 9.17) is 15.3 Å². The summed E-state index contributed by atoms with van der Waals surface area (Å²) in [5.41, 5.74) is 1.51. The fraction of sp³-hybridized carbons (Fsp3) is 0.125. The molecule has 0 aromatic heterocycles. The van der Waals surface area contributed by atoms with Crippen molar-refractivity contribution in [1.29, 1.82) is 10.5 Å². The second kappa shape index (κ2) is 5.71. The maximum Gasteiger partial charge on any atom is 0.158 e. The van der Waals surface area contributed by atoms with Crippen molar-refractivity contribution < 1.29 is 4.74 Å². The molecular weight excluding hydrogens is 236 g/mol. The van der Waals surface area contributed by atoms with E-state index in [0.717, 1.165) is 11.3 Å². The van der Waals surface area contributed by atoms with E-state index >= 15 is 0 Å². The maximum atomic E-state index is 8.97. The van der Waals surface area contributed by atoms with Crippen LogP contribution in [-0.2, 0) is 0 Å². The van der Waals surface area contributed by atoms with Gasteiger partial charge in [0, 0.05) is 0 Å². The molecule has 19 heavy (non-hydrogen) atoms. The molecule has 0 aliphatic carbocycles. The van der Waals surface area contributed by atoms with Gasteiger partial charge in [0.1, 0.15) is 11.5 Å². The molecule has 3 heteroatoms. The lowest BCUT2D eigenvalue weighted by molar-refractivity contribution is 0.478. The summed E-state index contributed by atoms with van der Waals surface area (Å²) in [6.07, 6.45) is 0. The van der Waals surface area contributed by atoms with E-state index in [1.165, 1.54) is 0 Å². The Bertz CT molecular complexity index is 637. The van der Waals surface area contributed by atoms with Crippen LogP contribution in [0.3, 0.4) is 0 Å². The second-order valence-corrected chi connectivity index (χ2v) is 4.08. The summed E-state index contributed by atoms with van der Waals surface area (Å²) in [5.74, 6) is 0.631. The van der Waals surface area contributed by atoms with E-state index in [9.17, 15) is 0 Å². The summed E-state index contributed by atoms with van der Waals surface area (Å²) in [7, 11) is 0. The molecule has 0 N–H and O–H groups in total. The third-order valence-electron chi connectivity index (χ3n) is 2.87. The minimum absolute atomic E-state index is 0.666. The topological polar surface area (TPSA) is 56.8 Å². The van der Waals surface area contributed by atoms with Gasteiger partial charge in [0.2, 0.25) is 0 Å². The number of benzene rings is 2. The van der Waals surface area contributed by atoms with Crippen LogP contribution >= 0.6 is 0 Å². The summed E-state index contributed by atoms with van der Waals surface area (Å²) in [4.78, 5) is 0. The largest absolute Gasteiger partial charge is 0.457 e. The van der Waals surface area contributed by atoms with Crippen LogP contribution in [0.15, 0.2) is 48.5 Å². The zero-order valence-electron chi connectivity index (χ0n) is 10.5. The van der Waals surface area contributed by atoms with Crippen molar-refractivity contribution in [2.75, 3.05) is 0 Å². The van der Waals surface area contributed by atoms with Gasteiger partial charge in [-0.15, -0.1) is 0 Å². The lowest BCUT2D eigenvalue weighted by Gasteiger charge is -2.12. The second-order valence-electron chi connectivity index (χ2n) is 4.08. The van der Waals surface area contributed by atoms with Crippen LogP contribution in [0.2, 0.25) is 0 Å². The molecule has 0 saturated heterocycles. The first-order valence-electron chi connectivity index (χ1n) is 5.88. The van der Waals surface area contributed by atoms with Crippen LogP contribution in [0.25, 0.3) is 0 Å². The van der Waals surface area contributed by atoms with Gasteiger partial charge in [0.25, 0.3) is 0 Å². The predicted octanol–water partition coefficient (Wildman–Crippen LogP) is 3.92. The van der Waals surface area contributed by atoms with E-state index in [1.54, 1.807) is 12.1 Å². The molecule has 0 spiro atoms. The predicted molar refractivity (Wildman–Crippen MR) is 71.7 cm³/mol. The first-order chi connectivity index (χ1) is 9.26. The first-order valence-corrected chi connectivity index (χ1v) is 5.88. The molecule has 0 atom stereocenters. The molecule has 2 rings (SSSR count). The van der Waals surface area contributed by atoms with Gasteiger partial charge in [0.05, 0.1) is 12.1 Å². The van der Waals surface area contributed by atoms with Crippen molar-refractivity contribution in [1.82, 2.24) is 0 Å². The molecule has 0 saturated carbocycles. The first kappa shape index (κ1) is 12.7. The van der Waals surface area contributed by atoms with Crippen LogP contribution in [0, 0.1) is 29.6 Å². The van der Waals surface area contributed by atoms with E-state index in [1.807, 2.05) is 55.5 Å². The lowest BCUT2D eigenvalue weighted by Crippen LogP contribution is -1.97. The summed E-state index contributed by atoms with van der Waals surface area (Å²) < 4.78 is 5.77. The lowest BCUT2D eigenvalue weighted by atomic mass is 9.96. The Balaban J connectivity index is 2.36. The fourth-order valence-electron chi connectivity index (χ4n) is 1.84. The summed E-state index contributed by atoms with van der Waals surface area (Å²) in [5, 5.41) is 17.9. The quantitative estimate of drug-likeness (QED) is 0.827. The zero-order chi connectivity index (χ0) is 13.7. The van der Waals surface area contributed by atoms with Gasteiger partial charge in [-0.05, 0) is 36.2 Å². The molecule has 0 amide bonds. The Kier molecular flexibility index (Phi) is 3.81. The average Bonchev–Trinajstić information content (AvgIpc) is 2.45. The highest BCUT2D eigenvalue weighted by molar-refractivity contribution is 5.46. The highest BCUT2D eigenvalue weighted by atomic mass is 16.5.